The minimum absolute atomic E-state index is 0.175. The number of carboxylic acids is 1. The number of hydrogen-bond acceptors (Lipinski definition) is 3. The summed E-state index contributed by atoms with van der Waals surface area (Å²) in [6.45, 7) is 2.25. The average molecular weight is 372 g/mol. The van der Waals surface area contributed by atoms with Crippen LogP contribution in [0.4, 0.5) is 0 Å². The molecule has 0 aliphatic rings. The zero-order chi connectivity index (χ0) is 14.4. The van der Waals surface area contributed by atoms with Crippen molar-refractivity contribution in [2.24, 2.45) is 0 Å². The molecule has 0 aromatic heterocycles. The van der Waals surface area contributed by atoms with E-state index in [-0.39, 0.29) is 13.0 Å². The molecule has 0 radical (unpaired) electrons. The Morgan fingerprint density at radius 1 is 1.42 bits per heavy atom. The Hall–Kier alpha value is -0.490. The molecule has 0 heterocycles. The predicted molar refractivity (Wildman–Crippen MR) is 77.3 cm³/mol. The normalized spacial score (nSPS) is 12.2. The maximum atomic E-state index is 10.9. The van der Waals surface area contributed by atoms with Crippen molar-refractivity contribution in [3.63, 3.8) is 0 Å². The van der Waals surface area contributed by atoms with Gasteiger partial charge in [0, 0.05) is 23.6 Å². The molecule has 1 N–H and O–H groups in total. The van der Waals surface area contributed by atoms with Crippen LogP contribution < -0.4 is 4.74 Å². The minimum atomic E-state index is -1.01. The molecule has 0 saturated carbocycles. The largest absolute Gasteiger partial charge is 0.492 e. The SMILES string of the molecule is CCOC(CCOc1cc(Cl)c(Br)cc1Cl)C(=O)O. The average Bonchev–Trinajstić information content (AvgIpc) is 2.34. The minimum Gasteiger partial charge on any atom is -0.492 e. The molecule has 7 heteroatoms. The Kier molecular flexibility index (Phi) is 6.93. The number of carbonyl (C=O) groups is 1. The molecular weight excluding hydrogens is 359 g/mol. The van der Waals surface area contributed by atoms with Gasteiger partial charge in [-0.1, -0.05) is 23.2 Å². The van der Waals surface area contributed by atoms with E-state index in [4.69, 9.17) is 37.8 Å². The molecule has 4 nitrogen and oxygen atoms in total. The first-order chi connectivity index (χ1) is 8.95. The van der Waals surface area contributed by atoms with E-state index < -0.39 is 12.1 Å². The van der Waals surface area contributed by atoms with Gasteiger partial charge in [0.1, 0.15) is 5.75 Å². The summed E-state index contributed by atoms with van der Waals surface area (Å²) in [7, 11) is 0. The first-order valence-electron chi connectivity index (χ1n) is 5.57. The molecule has 1 atom stereocenters. The zero-order valence-corrected chi connectivity index (χ0v) is 13.3. The van der Waals surface area contributed by atoms with Crippen LogP contribution in [0.2, 0.25) is 10.0 Å². The third-order valence-electron chi connectivity index (χ3n) is 2.26. The van der Waals surface area contributed by atoms with Crippen molar-refractivity contribution in [3.8, 4) is 5.75 Å². The summed E-state index contributed by atoms with van der Waals surface area (Å²) in [4.78, 5) is 10.9. The van der Waals surface area contributed by atoms with Gasteiger partial charge in [0.15, 0.2) is 6.10 Å². The molecule has 106 valence electrons. The molecule has 0 fully saturated rings. The summed E-state index contributed by atoms with van der Waals surface area (Å²) in [5.74, 6) is -0.596. The predicted octanol–water partition coefficient (Wildman–Crippen LogP) is 4.01. The van der Waals surface area contributed by atoms with Crippen LogP contribution in [0.5, 0.6) is 5.75 Å². The molecule has 1 unspecified atom stereocenters. The summed E-state index contributed by atoms with van der Waals surface area (Å²) in [5, 5.41) is 9.78. The second-order valence-corrected chi connectivity index (χ2v) is 5.28. The van der Waals surface area contributed by atoms with Gasteiger partial charge < -0.3 is 14.6 Å². The molecule has 0 saturated heterocycles. The second-order valence-electron chi connectivity index (χ2n) is 3.62. The van der Waals surface area contributed by atoms with Crippen molar-refractivity contribution in [1.82, 2.24) is 0 Å². The first-order valence-corrected chi connectivity index (χ1v) is 7.12. The Bertz CT molecular complexity index is 454. The third-order valence-corrected chi connectivity index (χ3v) is 3.75. The van der Waals surface area contributed by atoms with Crippen molar-refractivity contribution in [1.29, 1.82) is 0 Å². The van der Waals surface area contributed by atoms with Gasteiger partial charge >= 0.3 is 5.97 Å². The quantitative estimate of drug-likeness (QED) is 0.735. The Labute approximate surface area is 129 Å². The van der Waals surface area contributed by atoms with Crippen molar-refractivity contribution >= 4 is 45.1 Å². The maximum absolute atomic E-state index is 10.9. The highest BCUT2D eigenvalue weighted by atomic mass is 79.9. The van der Waals surface area contributed by atoms with Crippen LogP contribution >= 0.6 is 39.1 Å². The molecule has 0 bridgehead atoms. The number of rotatable bonds is 7. The fraction of sp³-hybridized carbons (Fsp3) is 0.417. The summed E-state index contributed by atoms with van der Waals surface area (Å²) in [6, 6.07) is 3.20. The highest BCUT2D eigenvalue weighted by molar-refractivity contribution is 9.10. The first kappa shape index (κ1) is 16.6. The molecule has 19 heavy (non-hydrogen) atoms. The zero-order valence-electron chi connectivity index (χ0n) is 10.2. The Balaban J connectivity index is 2.57. The summed E-state index contributed by atoms with van der Waals surface area (Å²) < 4.78 is 11.2. The number of carboxylic acid groups (broad SMARTS) is 1. The van der Waals surface area contributed by atoms with Crippen LogP contribution in [-0.4, -0.2) is 30.4 Å². The number of benzene rings is 1. The van der Waals surface area contributed by atoms with Crippen molar-refractivity contribution in [2.75, 3.05) is 13.2 Å². The topological polar surface area (TPSA) is 55.8 Å². The number of hydrogen-bond donors (Lipinski definition) is 1. The standard InChI is InChI=1S/C12H13BrCl2O4/c1-2-18-10(12(16)17)3-4-19-11-6-8(14)7(13)5-9(11)15/h5-6,10H,2-4H2,1H3,(H,16,17). The molecule has 0 aliphatic carbocycles. The van der Waals surface area contributed by atoms with Gasteiger partial charge in [-0.25, -0.2) is 4.79 Å². The van der Waals surface area contributed by atoms with Gasteiger partial charge in [-0.3, -0.25) is 0 Å². The molecule has 1 aromatic carbocycles. The second kappa shape index (κ2) is 7.94. The van der Waals surface area contributed by atoms with Gasteiger partial charge in [0.05, 0.1) is 16.7 Å². The van der Waals surface area contributed by atoms with Crippen molar-refractivity contribution < 1.29 is 19.4 Å². The summed E-state index contributed by atoms with van der Waals surface area (Å²) in [6.07, 6.45) is -0.651. The van der Waals surface area contributed by atoms with Crippen LogP contribution in [0, 0.1) is 0 Å². The van der Waals surface area contributed by atoms with E-state index in [1.54, 1.807) is 19.1 Å². The smallest absolute Gasteiger partial charge is 0.332 e. The Morgan fingerprint density at radius 2 is 2.11 bits per heavy atom. The fourth-order valence-electron chi connectivity index (χ4n) is 1.37. The number of aliphatic carboxylic acids is 1. The van der Waals surface area contributed by atoms with E-state index in [1.807, 2.05) is 0 Å². The monoisotopic (exact) mass is 370 g/mol. The van der Waals surface area contributed by atoms with E-state index in [0.717, 1.165) is 0 Å². The summed E-state index contributed by atoms with van der Waals surface area (Å²) in [5.41, 5.74) is 0. The van der Waals surface area contributed by atoms with E-state index >= 15 is 0 Å². The number of ether oxygens (including phenoxy) is 2. The Morgan fingerprint density at radius 3 is 2.68 bits per heavy atom. The lowest BCUT2D eigenvalue weighted by Gasteiger charge is -2.14. The molecule has 0 amide bonds. The molecule has 0 aliphatic heterocycles. The van der Waals surface area contributed by atoms with Gasteiger partial charge in [0.25, 0.3) is 0 Å². The van der Waals surface area contributed by atoms with Gasteiger partial charge in [-0.15, -0.1) is 0 Å². The third kappa shape index (κ3) is 5.18. The van der Waals surface area contributed by atoms with Gasteiger partial charge in [-0.05, 0) is 28.9 Å². The molecular formula is C12H13BrCl2O4. The lowest BCUT2D eigenvalue weighted by Crippen LogP contribution is -2.26. The van der Waals surface area contributed by atoms with Crippen LogP contribution in [0.25, 0.3) is 0 Å². The fourth-order valence-corrected chi connectivity index (χ4v) is 2.22. The van der Waals surface area contributed by atoms with Gasteiger partial charge in [-0.2, -0.15) is 0 Å². The van der Waals surface area contributed by atoms with E-state index in [0.29, 0.717) is 26.9 Å². The number of halogens is 3. The maximum Gasteiger partial charge on any atom is 0.332 e. The molecule has 1 rings (SSSR count). The highest BCUT2D eigenvalue weighted by Crippen LogP contribution is 2.34. The summed E-state index contributed by atoms with van der Waals surface area (Å²) >= 11 is 15.1. The van der Waals surface area contributed by atoms with Crippen molar-refractivity contribution in [2.45, 2.75) is 19.4 Å². The lowest BCUT2D eigenvalue weighted by atomic mass is 10.2. The molecule has 0 spiro atoms. The van der Waals surface area contributed by atoms with Gasteiger partial charge in [0.2, 0.25) is 0 Å². The van der Waals surface area contributed by atoms with Crippen LogP contribution in [0.15, 0.2) is 16.6 Å². The van der Waals surface area contributed by atoms with Crippen LogP contribution in [0.1, 0.15) is 13.3 Å². The van der Waals surface area contributed by atoms with E-state index in [1.165, 1.54) is 0 Å². The van der Waals surface area contributed by atoms with Crippen molar-refractivity contribution in [3.05, 3.63) is 26.7 Å². The van der Waals surface area contributed by atoms with Crippen LogP contribution in [0.3, 0.4) is 0 Å². The van der Waals surface area contributed by atoms with Crippen LogP contribution in [-0.2, 0) is 9.53 Å². The molecule has 1 aromatic rings. The lowest BCUT2D eigenvalue weighted by molar-refractivity contribution is -0.150. The van der Waals surface area contributed by atoms with E-state index in [9.17, 15) is 4.79 Å². The van der Waals surface area contributed by atoms with E-state index in [2.05, 4.69) is 15.9 Å². The highest BCUT2D eigenvalue weighted by Gasteiger charge is 2.17.